The zero-order valence-electron chi connectivity index (χ0n) is 13.5. The van der Waals surface area contributed by atoms with Crippen molar-refractivity contribution in [3.63, 3.8) is 0 Å². The summed E-state index contributed by atoms with van der Waals surface area (Å²) in [6, 6.07) is 0. The van der Waals surface area contributed by atoms with E-state index in [1.807, 2.05) is 0 Å². The average molecular weight is 292 g/mol. The number of ether oxygens (including phenoxy) is 1. The summed E-state index contributed by atoms with van der Waals surface area (Å²) in [5, 5.41) is 6.94. The van der Waals surface area contributed by atoms with Gasteiger partial charge in [-0.25, -0.2) is 9.97 Å². The molecule has 0 aliphatic heterocycles. The molecule has 0 aromatic carbocycles. The van der Waals surface area contributed by atoms with E-state index in [1.54, 1.807) is 13.4 Å². The summed E-state index contributed by atoms with van der Waals surface area (Å²) in [4.78, 5) is 8.81. The minimum absolute atomic E-state index is 0.420. The molecule has 1 aliphatic carbocycles. The monoisotopic (exact) mass is 292 g/mol. The predicted molar refractivity (Wildman–Crippen MR) is 86.8 cm³/mol. The zero-order valence-corrected chi connectivity index (χ0v) is 13.5. The van der Waals surface area contributed by atoms with Crippen molar-refractivity contribution in [3.8, 4) is 0 Å². The Balaban J connectivity index is 1.99. The molecule has 0 saturated heterocycles. The predicted octanol–water partition coefficient (Wildman–Crippen LogP) is 3.09. The fourth-order valence-electron chi connectivity index (χ4n) is 2.58. The second-order valence-electron chi connectivity index (χ2n) is 5.93. The Hall–Kier alpha value is -1.36. The van der Waals surface area contributed by atoms with Crippen LogP contribution in [0.2, 0.25) is 0 Å². The number of nitrogens with zero attached hydrogens (tertiary/aromatic N) is 2. The molecule has 0 bridgehead atoms. The van der Waals surface area contributed by atoms with Gasteiger partial charge in [-0.3, -0.25) is 0 Å². The maximum absolute atomic E-state index is 5.21. The first-order valence-electron chi connectivity index (χ1n) is 8.05. The van der Waals surface area contributed by atoms with E-state index in [0.717, 1.165) is 50.6 Å². The Morgan fingerprint density at radius 1 is 1.19 bits per heavy atom. The van der Waals surface area contributed by atoms with Gasteiger partial charge in [0.1, 0.15) is 18.0 Å². The van der Waals surface area contributed by atoms with Crippen LogP contribution in [-0.4, -0.2) is 36.8 Å². The lowest BCUT2D eigenvalue weighted by atomic mass is 10.0. The van der Waals surface area contributed by atoms with Crippen molar-refractivity contribution < 1.29 is 4.74 Å². The first-order valence-corrected chi connectivity index (χ1v) is 8.05. The largest absolute Gasteiger partial charge is 0.385 e. The van der Waals surface area contributed by atoms with Crippen molar-refractivity contribution in [2.45, 2.75) is 46.0 Å². The topological polar surface area (TPSA) is 59.1 Å². The second kappa shape index (κ2) is 7.59. The van der Waals surface area contributed by atoms with Crippen LogP contribution in [0.5, 0.6) is 0 Å². The van der Waals surface area contributed by atoms with Crippen LogP contribution in [0.15, 0.2) is 6.33 Å². The first-order chi connectivity index (χ1) is 10.2. The van der Waals surface area contributed by atoms with Crippen LogP contribution in [0.1, 0.15) is 45.1 Å². The summed E-state index contributed by atoms with van der Waals surface area (Å²) < 4.78 is 5.21. The van der Waals surface area contributed by atoms with Gasteiger partial charge in [0.15, 0.2) is 0 Å². The van der Waals surface area contributed by atoms with E-state index in [9.17, 15) is 0 Å². The van der Waals surface area contributed by atoms with E-state index < -0.39 is 0 Å². The third-order valence-electron chi connectivity index (χ3n) is 4.27. The number of hydrogen-bond donors (Lipinski definition) is 2. The standard InChI is InChI=1S/C16H28N4O/c1-4-9-17-14-13(5-2)15(20-12-19-14)18-11-16(6-7-16)8-10-21-3/h12H,4-11H2,1-3H3,(H2,17,18,19,20). The zero-order chi connectivity index (χ0) is 15.1. The van der Waals surface area contributed by atoms with E-state index in [-0.39, 0.29) is 0 Å². The Kier molecular flexibility index (Phi) is 5.79. The molecule has 1 saturated carbocycles. The van der Waals surface area contributed by atoms with E-state index in [2.05, 4.69) is 34.4 Å². The SMILES string of the molecule is CCCNc1ncnc(NCC2(CCOC)CC2)c1CC. The van der Waals surface area contributed by atoms with Gasteiger partial charge >= 0.3 is 0 Å². The van der Waals surface area contributed by atoms with Crippen molar-refractivity contribution in [1.82, 2.24) is 9.97 Å². The van der Waals surface area contributed by atoms with Crippen molar-refractivity contribution in [2.24, 2.45) is 5.41 Å². The summed E-state index contributed by atoms with van der Waals surface area (Å²) in [7, 11) is 1.77. The van der Waals surface area contributed by atoms with Crippen molar-refractivity contribution in [2.75, 3.05) is 37.4 Å². The molecule has 1 aliphatic rings. The smallest absolute Gasteiger partial charge is 0.134 e. The summed E-state index contributed by atoms with van der Waals surface area (Å²) in [6.07, 6.45) is 7.38. The fraction of sp³-hybridized carbons (Fsp3) is 0.750. The normalized spacial score (nSPS) is 15.8. The molecule has 0 spiro atoms. The molecule has 0 amide bonds. The van der Waals surface area contributed by atoms with Gasteiger partial charge < -0.3 is 15.4 Å². The Morgan fingerprint density at radius 2 is 1.90 bits per heavy atom. The third kappa shape index (κ3) is 4.30. The van der Waals surface area contributed by atoms with Crippen LogP contribution < -0.4 is 10.6 Å². The number of methoxy groups -OCH3 is 1. The van der Waals surface area contributed by atoms with Gasteiger partial charge in [-0.05, 0) is 37.5 Å². The van der Waals surface area contributed by atoms with Crippen LogP contribution in [-0.2, 0) is 11.2 Å². The van der Waals surface area contributed by atoms with Gasteiger partial charge in [0.2, 0.25) is 0 Å². The van der Waals surface area contributed by atoms with Crippen LogP contribution in [0, 0.1) is 5.41 Å². The van der Waals surface area contributed by atoms with Crippen molar-refractivity contribution in [3.05, 3.63) is 11.9 Å². The molecule has 2 rings (SSSR count). The van der Waals surface area contributed by atoms with Gasteiger partial charge in [-0.1, -0.05) is 13.8 Å². The highest BCUT2D eigenvalue weighted by Crippen LogP contribution is 2.48. The Labute approximate surface area is 127 Å². The van der Waals surface area contributed by atoms with Crippen LogP contribution >= 0.6 is 0 Å². The van der Waals surface area contributed by atoms with E-state index in [4.69, 9.17) is 4.74 Å². The highest BCUT2D eigenvalue weighted by atomic mass is 16.5. The van der Waals surface area contributed by atoms with E-state index in [0.29, 0.717) is 5.41 Å². The third-order valence-corrected chi connectivity index (χ3v) is 4.27. The molecule has 0 unspecified atom stereocenters. The fourth-order valence-corrected chi connectivity index (χ4v) is 2.58. The molecule has 1 aromatic rings. The van der Waals surface area contributed by atoms with Gasteiger partial charge in [0.25, 0.3) is 0 Å². The molecule has 118 valence electrons. The molecule has 21 heavy (non-hydrogen) atoms. The molecular formula is C16H28N4O. The van der Waals surface area contributed by atoms with Crippen molar-refractivity contribution in [1.29, 1.82) is 0 Å². The summed E-state index contributed by atoms with van der Waals surface area (Å²) in [6.45, 7) is 7.08. The van der Waals surface area contributed by atoms with Crippen LogP contribution in [0.4, 0.5) is 11.6 Å². The summed E-state index contributed by atoms with van der Waals surface area (Å²) >= 11 is 0. The number of rotatable bonds is 10. The molecule has 5 nitrogen and oxygen atoms in total. The molecule has 2 N–H and O–H groups in total. The summed E-state index contributed by atoms with van der Waals surface area (Å²) in [5.41, 5.74) is 1.61. The summed E-state index contributed by atoms with van der Waals surface area (Å²) in [5.74, 6) is 1.95. The number of aromatic nitrogens is 2. The van der Waals surface area contributed by atoms with Gasteiger partial charge in [0.05, 0.1) is 0 Å². The van der Waals surface area contributed by atoms with E-state index >= 15 is 0 Å². The average Bonchev–Trinajstić information content (AvgIpc) is 3.29. The minimum Gasteiger partial charge on any atom is -0.385 e. The van der Waals surface area contributed by atoms with E-state index in [1.165, 1.54) is 18.4 Å². The maximum atomic E-state index is 5.21. The molecule has 5 heteroatoms. The molecule has 1 fully saturated rings. The maximum Gasteiger partial charge on any atom is 0.134 e. The van der Waals surface area contributed by atoms with Gasteiger partial charge in [0, 0.05) is 32.4 Å². The molecule has 1 aromatic heterocycles. The Bertz CT molecular complexity index is 446. The number of anilines is 2. The number of nitrogens with one attached hydrogen (secondary N) is 2. The minimum atomic E-state index is 0.420. The highest BCUT2D eigenvalue weighted by Gasteiger charge is 2.41. The Morgan fingerprint density at radius 3 is 2.48 bits per heavy atom. The van der Waals surface area contributed by atoms with Crippen LogP contribution in [0.3, 0.4) is 0 Å². The molecular weight excluding hydrogens is 264 g/mol. The van der Waals surface area contributed by atoms with Gasteiger partial charge in [-0.2, -0.15) is 0 Å². The molecule has 1 heterocycles. The van der Waals surface area contributed by atoms with Crippen LogP contribution in [0.25, 0.3) is 0 Å². The molecule has 0 atom stereocenters. The first kappa shape index (κ1) is 16.0. The lowest BCUT2D eigenvalue weighted by Crippen LogP contribution is -2.19. The lowest BCUT2D eigenvalue weighted by molar-refractivity contribution is 0.175. The lowest BCUT2D eigenvalue weighted by Gasteiger charge is -2.18. The molecule has 0 radical (unpaired) electrons. The van der Waals surface area contributed by atoms with Crippen molar-refractivity contribution >= 4 is 11.6 Å². The second-order valence-corrected chi connectivity index (χ2v) is 5.93. The highest BCUT2D eigenvalue weighted by molar-refractivity contribution is 5.57. The van der Waals surface area contributed by atoms with Gasteiger partial charge in [-0.15, -0.1) is 0 Å². The quantitative estimate of drug-likeness (QED) is 0.694. The number of hydrogen-bond acceptors (Lipinski definition) is 5.